The van der Waals surface area contributed by atoms with Crippen LogP contribution in [0.4, 0.5) is 0 Å². The molecule has 2 rings (SSSR count). The second-order valence-electron chi connectivity index (χ2n) is 3.98. The van der Waals surface area contributed by atoms with Crippen molar-refractivity contribution in [1.29, 1.82) is 0 Å². The average molecular weight is 245 g/mol. The van der Waals surface area contributed by atoms with Gasteiger partial charge in [0.15, 0.2) is 0 Å². The summed E-state index contributed by atoms with van der Waals surface area (Å²) in [6, 6.07) is 6.71. The molecule has 0 saturated carbocycles. The molecule has 0 bridgehead atoms. The van der Waals surface area contributed by atoms with Crippen LogP contribution in [0.2, 0.25) is 0 Å². The van der Waals surface area contributed by atoms with Gasteiger partial charge >= 0.3 is 0 Å². The van der Waals surface area contributed by atoms with Gasteiger partial charge in [-0.1, -0.05) is 12.1 Å². The number of phenols is 1. The van der Waals surface area contributed by atoms with Crippen LogP contribution in [0.15, 0.2) is 36.7 Å². The van der Waals surface area contributed by atoms with Gasteiger partial charge in [-0.15, -0.1) is 0 Å². The van der Waals surface area contributed by atoms with E-state index < -0.39 is 0 Å². The molecule has 1 heterocycles. The highest BCUT2D eigenvalue weighted by Crippen LogP contribution is 2.11. The van der Waals surface area contributed by atoms with Gasteiger partial charge in [0.1, 0.15) is 11.6 Å². The van der Waals surface area contributed by atoms with Gasteiger partial charge in [0.2, 0.25) is 5.91 Å². The first kappa shape index (κ1) is 12.2. The molecule has 5 heteroatoms. The van der Waals surface area contributed by atoms with E-state index in [9.17, 15) is 9.90 Å². The number of imidazole rings is 1. The van der Waals surface area contributed by atoms with Crippen LogP contribution in [0.1, 0.15) is 11.4 Å². The molecule has 0 fully saturated rings. The Balaban J connectivity index is 1.75. The summed E-state index contributed by atoms with van der Waals surface area (Å²) in [5.41, 5.74) is 0.797. The largest absolute Gasteiger partial charge is 0.508 e. The fourth-order valence-electron chi connectivity index (χ4n) is 1.67. The van der Waals surface area contributed by atoms with E-state index in [2.05, 4.69) is 15.3 Å². The molecule has 0 radical (unpaired) electrons. The minimum Gasteiger partial charge on any atom is -0.508 e. The number of aromatic hydroxyl groups is 1. The number of hydrogen-bond acceptors (Lipinski definition) is 3. The number of H-pyrrole nitrogens is 1. The summed E-state index contributed by atoms with van der Waals surface area (Å²) in [4.78, 5) is 18.7. The number of nitrogens with one attached hydrogen (secondary N) is 2. The van der Waals surface area contributed by atoms with E-state index in [0.29, 0.717) is 13.0 Å². The number of aromatic nitrogens is 2. The highest BCUT2D eigenvalue weighted by molar-refractivity contribution is 5.78. The lowest BCUT2D eigenvalue weighted by Crippen LogP contribution is -2.27. The van der Waals surface area contributed by atoms with E-state index in [-0.39, 0.29) is 18.1 Å². The first-order chi connectivity index (χ1) is 8.74. The van der Waals surface area contributed by atoms with Crippen molar-refractivity contribution >= 4 is 5.91 Å². The number of rotatable bonds is 5. The molecule has 0 aliphatic heterocycles. The number of aromatic amines is 1. The number of phenolic OH excluding ortho intramolecular Hbond substituents is 1. The Morgan fingerprint density at radius 3 is 3.06 bits per heavy atom. The molecule has 2 aromatic rings. The van der Waals surface area contributed by atoms with Crippen molar-refractivity contribution < 1.29 is 9.90 Å². The minimum atomic E-state index is -0.0628. The van der Waals surface area contributed by atoms with Gasteiger partial charge in [0.05, 0.1) is 6.42 Å². The lowest BCUT2D eigenvalue weighted by molar-refractivity contribution is -0.120. The number of benzene rings is 1. The molecular weight excluding hydrogens is 230 g/mol. The normalized spacial score (nSPS) is 10.2. The van der Waals surface area contributed by atoms with Crippen LogP contribution < -0.4 is 5.32 Å². The van der Waals surface area contributed by atoms with Crippen molar-refractivity contribution in [3.05, 3.63) is 48.0 Å². The van der Waals surface area contributed by atoms with Crippen LogP contribution in [-0.2, 0) is 17.6 Å². The van der Waals surface area contributed by atoms with Crippen molar-refractivity contribution in [2.45, 2.75) is 12.8 Å². The fourth-order valence-corrected chi connectivity index (χ4v) is 1.67. The third-order valence-corrected chi connectivity index (χ3v) is 2.51. The Hall–Kier alpha value is -2.30. The SMILES string of the molecule is O=C(Cc1cccc(O)c1)NCCc1ncc[nH]1. The Labute approximate surface area is 105 Å². The van der Waals surface area contributed by atoms with E-state index in [0.717, 1.165) is 11.4 Å². The second kappa shape index (κ2) is 5.86. The quantitative estimate of drug-likeness (QED) is 0.735. The first-order valence-corrected chi connectivity index (χ1v) is 5.77. The molecule has 0 atom stereocenters. The van der Waals surface area contributed by atoms with Crippen LogP contribution >= 0.6 is 0 Å². The summed E-state index contributed by atoms with van der Waals surface area (Å²) in [6.45, 7) is 0.547. The number of amides is 1. The smallest absolute Gasteiger partial charge is 0.224 e. The predicted octanol–water partition coefficient (Wildman–Crippen LogP) is 1.02. The van der Waals surface area contributed by atoms with Gasteiger partial charge in [-0.3, -0.25) is 4.79 Å². The van der Waals surface area contributed by atoms with Crippen molar-refractivity contribution in [3.8, 4) is 5.75 Å². The molecule has 1 aromatic carbocycles. The Bertz CT molecular complexity index is 509. The summed E-state index contributed by atoms with van der Waals surface area (Å²) < 4.78 is 0. The third kappa shape index (κ3) is 3.62. The summed E-state index contributed by atoms with van der Waals surface area (Å²) in [7, 11) is 0. The molecule has 1 amide bonds. The van der Waals surface area contributed by atoms with E-state index in [1.807, 2.05) is 6.07 Å². The van der Waals surface area contributed by atoms with Crippen LogP contribution in [0.3, 0.4) is 0 Å². The van der Waals surface area contributed by atoms with E-state index in [1.165, 1.54) is 0 Å². The van der Waals surface area contributed by atoms with Crippen LogP contribution in [0.25, 0.3) is 0 Å². The van der Waals surface area contributed by atoms with Crippen molar-refractivity contribution in [2.75, 3.05) is 6.54 Å². The summed E-state index contributed by atoms with van der Waals surface area (Å²) in [5.74, 6) is 0.968. The molecule has 3 N–H and O–H groups in total. The summed E-state index contributed by atoms with van der Waals surface area (Å²) in [6.07, 6.45) is 4.39. The van der Waals surface area contributed by atoms with Gasteiger partial charge in [-0.2, -0.15) is 0 Å². The van der Waals surface area contributed by atoms with Gasteiger partial charge in [0, 0.05) is 25.4 Å². The Morgan fingerprint density at radius 1 is 1.44 bits per heavy atom. The zero-order valence-electron chi connectivity index (χ0n) is 9.89. The highest BCUT2D eigenvalue weighted by Gasteiger charge is 2.04. The van der Waals surface area contributed by atoms with Gasteiger partial charge in [-0.25, -0.2) is 4.98 Å². The number of carbonyl (C=O) groups is 1. The Kier molecular flexibility index (Phi) is 3.96. The zero-order chi connectivity index (χ0) is 12.8. The third-order valence-electron chi connectivity index (χ3n) is 2.51. The molecule has 0 aliphatic rings. The fraction of sp³-hybridized carbons (Fsp3) is 0.231. The van der Waals surface area contributed by atoms with Gasteiger partial charge in [0.25, 0.3) is 0 Å². The lowest BCUT2D eigenvalue weighted by Gasteiger charge is -2.04. The van der Waals surface area contributed by atoms with E-state index in [1.54, 1.807) is 30.6 Å². The monoisotopic (exact) mass is 245 g/mol. The molecule has 1 aromatic heterocycles. The minimum absolute atomic E-state index is 0.0628. The second-order valence-corrected chi connectivity index (χ2v) is 3.98. The van der Waals surface area contributed by atoms with E-state index >= 15 is 0 Å². The number of carbonyl (C=O) groups excluding carboxylic acids is 1. The zero-order valence-corrected chi connectivity index (χ0v) is 9.89. The summed E-state index contributed by atoms with van der Waals surface area (Å²) in [5, 5.41) is 12.1. The summed E-state index contributed by atoms with van der Waals surface area (Å²) >= 11 is 0. The van der Waals surface area contributed by atoms with Crippen LogP contribution in [0.5, 0.6) is 5.75 Å². The molecule has 94 valence electrons. The first-order valence-electron chi connectivity index (χ1n) is 5.77. The number of hydrogen-bond donors (Lipinski definition) is 3. The Morgan fingerprint density at radius 2 is 2.33 bits per heavy atom. The van der Waals surface area contributed by atoms with Crippen molar-refractivity contribution in [3.63, 3.8) is 0 Å². The molecule has 5 nitrogen and oxygen atoms in total. The molecule has 0 spiro atoms. The molecule has 0 aliphatic carbocycles. The van der Waals surface area contributed by atoms with Crippen LogP contribution in [-0.4, -0.2) is 27.5 Å². The average Bonchev–Trinajstić information content (AvgIpc) is 2.82. The maximum Gasteiger partial charge on any atom is 0.224 e. The molecule has 0 saturated heterocycles. The van der Waals surface area contributed by atoms with Crippen molar-refractivity contribution in [1.82, 2.24) is 15.3 Å². The van der Waals surface area contributed by atoms with E-state index in [4.69, 9.17) is 0 Å². The standard InChI is InChI=1S/C13H15N3O2/c17-11-3-1-2-10(8-11)9-13(18)16-5-4-12-14-6-7-15-12/h1-3,6-8,17H,4-5,9H2,(H,14,15)(H,16,18). The molecule has 0 unspecified atom stereocenters. The number of nitrogens with zero attached hydrogens (tertiary/aromatic N) is 1. The highest BCUT2D eigenvalue weighted by atomic mass is 16.3. The van der Waals surface area contributed by atoms with Crippen molar-refractivity contribution in [2.24, 2.45) is 0 Å². The van der Waals surface area contributed by atoms with Gasteiger partial charge < -0.3 is 15.4 Å². The maximum atomic E-state index is 11.6. The van der Waals surface area contributed by atoms with Gasteiger partial charge in [-0.05, 0) is 17.7 Å². The molecule has 18 heavy (non-hydrogen) atoms. The molecular formula is C13H15N3O2. The topological polar surface area (TPSA) is 78.0 Å². The lowest BCUT2D eigenvalue weighted by atomic mass is 10.1. The predicted molar refractivity (Wildman–Crippen MR) is 67.1 cm³/mol. The van der Waals surface area contributed by atoms with Crippen LogP contribution in [0, 0.1) is 0 Å². The maximum absolute atomic E-state index is 11.6.